The lowest BCUT2D eigenvalue weighted by molar-refractivity contribution is 0.567. The minimum Gasteiger partial charge on any atom is -0.354 e. The van der Waals surface area contributed by atoms with Crippen molar-refractivity contribution in [2.75, 3.05) is 18.0 Å². The smallest absolute Gasteiger partial charge is 0.131 e. The van der Waals surface area contributed by atoms with Gasteiger partial charge in [0.1, 0.15) is 5.82 Å². The van der Waals surface area contributed by atoms with E-state index in [1.165, 1.54) is 30.6 Å². The van der Waals surface area contributed by atoms with Crippen molar-refractivity contribution in [2.24, 2.45) is 7.05 Å². The van der Waals surface area contributed by atoms with Crippen LogP contribution in [-0.4, -0.2) is 28.9 Å². The zero-order valence-corrected chi connectivity index (χ0v) is 14.9. The predicted octanol–water partition coefficient (Wildman–Crippen LogP) is 3.63. The molecule has 0 bridgehead atoms. The van der Waals surface area contributed by atoms with Crippen LogP contribution in [0.15, 0.2) is 0 Å². The SMILES string of the molecule is CCCCN(c1c(CNCCC)c(C)nn1C)C(C)CC. The predicted molar refractivity (Wildman–Crippen MR) is 91.9 cm³/mol. The summed E-state index contributed by atoms with van der Waals surface area (Å²) in [7, 11) is 2.08. The van der Waals surface area contributed by atoms with E-state index in [1.807, 2.05) is 0 Å². The first-order chi connectivity index (χ1) is 10.1. The Kier molecular flexibility index (Phi) is 7.79. The molecular weight excluding hydrogens is 260 g/mol. The Morgan fingerprint density at radius 1 is 1.24 bits per heavy atom. The highest BCUT2D eigenvalue weighted by Crippen LogP contribution is 2.26. The molecule has 1 N–H and O–H groups in total. The number of aromatic nitrogens is 2. The third kappa shape index (κ3) is 4.73. The summed E-state index contributed by atoms with van der Waals surface area (Å²) in [4.78, 5) is 2.55. The van der Waals surface area contributed by atoms with Crippen LogP contribution in [0.3, 0.4) is 0 Å². The lowest BCUT2D eigenvalue weighted by atomic mass is 10.1. The molecule has 0 amide bonds. The van der Waals surface area contributed by atoms with Gasteiger partial charge in [-0.2, -0.15) is 5.10 Å². The standard InChI is InChI=1S/C17H34N4/c1-7-10-12-21(14(4)9-3)17-16(13-18-11-8-2)15(5)19-20(17)6/h14,18H,7-13H2,1-6H3. The minimum absolute atomic E-state index is 0.552. The first-order valence-electron chi connectivity index (χ1n) is 8.56. The molecule has 0 aliphatic heterocycles. The number of unbranched alkanes of at least 4 members (excludes halogenated alkanes) is 1. The summed E-state index contributed by atoms with van der Waals surface area (Å²) in [6.07, 6.45) is 4.79. The molecule has 0 aliphatic carbocycles. The van der Waals surface area contributed by atoms with Crippen molar-refractivity contribution in [2.45, 2.75) is 72.9 Å². The van der Waals surface area contributed by atoms with E-state index < -0.39 is 0 Å². The molecule has 0 spiro atoms. The van der Waals surface area contributed by atoms with Crippen LogP contribution in [0, 0.1) is 6.92 Å². The monoisotopic (exact) mass is 294 g/mol. The molecule has 0 fully saturated rings. The van der Waals surface area contributed by atoms with Crippen molar-refractivity contribution in [3.63, 3.8) is 0 Å². The summed E-state index contributed by atoms with van der Waals surface area (Å²) in [6.45, 7) is 14.3. The lowest BCUT2D eigenvalue weighted by Gasteiger charge is -2.31. The maximum atomic E-state index is 4.67. The molecule has 0 saturated carbocycles. The van der Waals surface area contributed by atoms with E-state index in [4.69, 9.17) is 0 Å². The van der Waals surface area contributed by atoms with Gasteiger partial charge in [-0.05, 0) is 39.7 Å². The molecular formula is C17H34N4. The first-order valence-corrected chi connectivity index (χ1v) is 8.56. The van der Waals surface area contributed by atoms with Crippen LogP contribution in [0.25, 0.3) is 0 Å². The first kappa shape index (κ1) is 18.0. The molecule has 1 heterocycles. The van der Waals surface area contributed by atoms with Crippen LogP contribution in [0.5, 0.6) is 0 Å². The van der Waals surface area contributed by atoms with Crippen molar-refractivity contribution in [1.29, 1.82) is 0 Å². The molecule has 1 rings (SSSR count). The quantitative estimate of drug-likeness (QED) is 0.669. The average Bonchev–Trinajstić information content (AvgIpc) is 2.74. The van der Waals surface area contributed by atoms with E-state index in [-0.39, 0.29) is 0 Å². The normalized spacial score (nSPS) is 12.7. The Hall–Kier alpha value is -1.03. The highest BCUT2D eigenvalue weighted by molar-refractivity contribution is 5.51. The van der Waals surface area contributed by atoms with Gasteiger partial charge in [0.25, 0.3) is 0 Å². The van der Waals surface area contributed by atoms with Crippen LogP contribution in [0.2, 0.25) is 0 Å². The number of nitrogens with one attached hydrogen (secondary N) is 1. The van der Waals surface area contributed by atoms with Crippen molar-refractivity contribution in [3.8, 4) is 0 Å². The minimum atomic E-state index is 0.552. The Labute approximate surface area is 130 Å². The van der Waals surface area contributed by atoms with Gasteiger partial charge in [0.15, 0.2) is 0 Å². The molecule has 0 radical (unpaired) electrons. The van der Waals surface area contributed by atoms with Gasteiger partial charge in [-0.25, -0.2) is 0 Å². The Morgan fingerprint density at radius 2 is 1.95 bits per heavy atom. The fourth-order valence-electron chi connectivity index (χ4n) is 2.73. The van der Waals surface area contributed by atoms with Crippen LogP contribution in [0.1, 0.15) is 64.6 Å². The van der Waals surface area contributed by atoms with Crippen molar-refractivity contribution in [3.05, 3.63) is 11.3 Å². The number of hydrogen-bond acceptors (Lipinski definition) is 3. The van der Waals surface area contributed by atoms with Crippen LogP contribution in [-0.2, 0) is 13.6 Å². The lowest BCUT2D eigenvalue weighted by Crippen LogP contribution is -2.36. The van der Waals surface area contributed by atoms with E-state index in [0.717, 1.165) is 31.7 Å². The zero-order valence-electron chi connectivity index (χ0n) is 14.9. The maximum Gasteiger partial charge on any atom is 0.131 e. The number of anilines is 1. The summed E-state index contributed by atoms with van der Waals surface area (Å²) in [5, 5.41) is 8.20. The Morgan fingerprint density at radius 3 is 2.52 bits per heavy atom. The summed E-state index contributed by atoms with van der Waals surface area (Å²) in [6, 6.07) is 0.552. The summed E-state index contributed by atoms with van der Waals surface area (Å²) >= 11 is 0. The molecule has 21 heavy (non-hydrogen) atoms. The number of aryl methyl sites for hydroxylation is 2. The van der Waals surface area contributed by atoms with E-state index in [2.05, 4.69) is 61.7 Å². The summed E-state index contributed by atoms with van der Waals surface area (Å²) in [5.41, 5.74) is 2.52. The number of nitrogens with zero attached hydrogens (tertiary/aromatic N) is 3. The van der Waals surface area contributed by atoms with E-state index in [1.54, 1.807) is 0 Å². The van der Waals surface area contributed by atoms with Gasteiger partial charge in [0, 0.05) is 31.7 Å². The number of hydrogen-bond donors (Lipinski definition) is 1. The van der Waals surface area contributed by atoms with Gasteiger partial charge in [-0.15, -0.1) is 0 Å². The molecule has 4 heteroatoms. The van der Waals surface area contributed by atoms with Crippen LogP contribution < -0.4 is 10.2 Å². The molecule has 0 aromatic carbocycles. The fraction of sp³-hybridized carbons (Fsp3) is 0.824. The molecule has 0 saturated heterocycles. The van der Waals surface area contributed by atoms with E-state index in [9.17, 15) is 0 Å². The Bertz CT molecular complexity index is 411. The van der Waals surface area contributed by atoms with Gasteiger partial charge < -0.3 is 10.2 Å². The third-order valence-electron chi connectivity index (χ3n) is 4.19. The highest BCUT2D eigenvalue weighted by Gasteiger charge is 2.22. The van der Waals surface area contributed by atoms with Crippen molar-refractivity contribution in [1.82, 2.24) is 15.1 Å². The summed E-state index contributed by atoms with van der Waals surface area (Å²) in [5.74, 6) is 1.30. The largest absolute Gasteiger partial charge is 0.354 e. The highest BCUT2D eigenvalue weighted by atomic mass is 15.4. The zero-order chi connectivity index (χ0) is 15.8. The van der Waals surface area contributed by atoms with Crippen LogP contribution in [0.4, 0.5) is 5.82 Å². The van der Waals surface area contributed by atoms with Gasteiger partial charge in [-0.3, -0.25) is 4.68 Å². The molecule has 122 valence electrons. The molecule has 0 aliphatic rings. The second kappa shape index (κ2) is 9.08. The molecule has 1 unspecified atom stereocenters. The van der Waals surface area contributed by atoms with E-state index in [0.29, 0.717) is 6.04 Å². The second-order valence-electron chi connectivity index (χ2n) is 5.99. The molecule has 1 atom stereocenters. The topological polar surface area (TPSA) is 33.1 Å². The van der Waals surface area contributed by atoms with Crippen LogP contribution >= 0.6 is 0 Å². The van der Waals surface area contributed by atoms with Gasteiger partial charge in [0.05, 0.1) is 5.69 Å². The molecule has 1 aromatic heterocycles. The van der Waals surface area contributed by atoms with Gasteiger partial charge >= 0.3 is 0 Å². The average molecular weight is 294 g/mol. The molecule has 1 aromatic rings. The summed E-state index contributed by atoms with van der Waals surface area (Å²) < 4.78 is 2.07. The van der Waals surface area contributed by atoms with Crippen molar-refractivity contribution < 1.29 is 0 Å². The molecule has 4 nitrogen and oxygen atoms in total. The number of rotatable bonds is 10. The van der Waals surface area contributed by atoms with Gasteiger partial charge in [-0.1, -0.05) is 27.2 Å². The maximum absolute atomic E-state index is 4.67. The van der Waals surface area contributed by atoms with E-state index >= 15 is 0 Å². The second-order valence-corrected chi connectivity index (χ2v) is 5.99. The third-order valence-corrected chi connectivity index (χ3v) is 4.19. The van der Waals surface area contributed by atoms with Crippen molar-refractivity contribution >= 4 is 5.82 Å². The fourth-order valence-corrected chi connectivity index (χ4v) is 2.73. The Balaban J connectivity index is 3.04. The van der Waals surface area contributed by atoms with Gasteiger partial charge in [0.2, 0.25) is 0 Å².